The predicted molar refractivity (Wildman–Crippen MR) is 102 cm³/mol. The van der Waals surface area contributed by atoms with E-state index in [4.69, 9.17) is 0 Å². The summed E-state index contributed by atoms with van der Waals surface area (Å²) in [6, 6.07) is 16.9. The quantitative estimate of drug-likeness (QED) is 0.430. The summed E-state index contributed by atoms with van der Waals surface area (Å²) in [7, 11) is -1.43. The fourth-order valence-electron chi connectivity index (χ4n) is 2.63. The fourth-order valence-corrected chi connectivity index (χ4v) is 3.14. The van der Waals surface area contributed by atoms with E-state index in [-0.39, 0.29) is 0 Å². The van der Waals surface area contributed by atoms with Crippen molar-refractivity contribution >= 4 is 18.8 Å². The number of hydrogen-bond acceptors (Lipinski definition) is 1. The molecule has 0 saturated heterocycles. The Bertz CT molecular complexity index is 924. The van der Waals surface area contributed by atoms with Crippen molar-refractivity contribution in [2.75, 3.05) is 0 Å². The zero-order valence-electron chi connectivity index (χ0n) is 14.1. The molecule has 1 aromatic heterocycles. The van der Waals surface area contributed by atoms with E-state index in [9.17, 15) is 0 Å². The van der Waals surface area contributed by atoms with Gasteiger partial charge in [-0.25, -0.2) is 0 Å². The van der Waals surface area contributed by atoms with Gasteiger partial charge in [-0.2, -0.15) is 0 Å². The Labute approximate surface area is 139 Å². The van der Waals surface area contributed by atoms with Gasteiger partial charge in [0.25, 0.3) is 0 Å². The summed E-state index contributed by atoms with van der Waals surface area (Å²) in [6.45, 7) is 8.92. The number of hydrogen-bond donors (Lipinski definition) is 0. The van der Waals surface area contributed by atoms with Crippen LogP contribution >= 0.6 is 0 Å². The first-order valence-corrected chi connectivity index (χ1v) is 11.4. The van der Waals surface area contributed by atoms with Crippen LogP contribution < -0.4 is 0 Å². The molecule has 0 bridgehead atoms. The number of aryl methyl sites for hydroxylation is 1. The smallest absolute Gasteiger partial charge is 0.129 e. The van der Waals surface area contributed by atoms with Crippen LogP contribution in [-0.2, 0) is 0 Å². The van der Waals surface area contributed by atoms with E-state index in [1.54, 1.807) is 0 Å². The third-order valence-electron chi connectivity index (χ3n) is 3.75. The van der Waals surface area contributed by atoms with Crippen LogP contribution in [0.25, 0.3) is 22.0 Å². The van der Waals surface area contributed by atoms with Crippen molar-refractivity contribution in [3.8, 4) is 22.7 Å². The molecule has 1 nitrogen and oxygen atoms in total. The molecule has 0 radical (unpaired) electrons. The molecule has 3 aromatic rings. The van der Waals surface area contributed by atoms with Gasteiger partial charge in [0, 0.05) is 17.3 Å². The van der Waals surface area contributed by atoms with Gasteiger partial charge in [-0.1, -0.05) is 62.0 Å². The molecule has 1 heterocycles. The van der Waals surface area contributed by atoms with Crippen LogP contribution in [0, 0.1) is 18.4 Å². The molecule has 23 heavy (non-hydrogen) atoms. The van der Waals surface area contributed by atoms with Gasteiger partial charge in [-0.3, -0.25) is 4.98 Å². The highest BCUT2D eigenvalue weighted by molar-refractivity contribution is 6.83. The number of pyridine rings is 1. The van der Waals surface area contributed by atoms with Crippen molar-refractivity contribution in [3.05, 3.63) is 65.9 Å². The standard InChI is InChI=1S/C21H21NSi/c1-16-8-7-14-22-21(16)20-18(13-15-23(2,3)4)12-11-17-9-5-6-10-19(17)20/h5-12,14H,1-4H3. The van der Waals surface area contributed by atoms with Crippen molar-refractivity contribution in [2.45, 2.75) is 26.6 Å². The molecule has 0 aliphatic carbocycles. The van der Waals surface area contributed by atoms with Gasteiger partial charge in [0.05, 0.1) is 5.69 Å². The Balaban J connectivity index is 2.35. The summed E-state index contributed by atoms with van der Waals surface area (Å²) in [6.07, 6.45) is 1.86. The lowest BCUT2D eigenvalue weighted by molar-refractivity contribution is 1.27. The van der Waals surface area contributed by atoms with Crippen molar-refractivity contribution in [1.82, 2.24) is 4.98 Å². The monoisotopic (exact) mass is 315 g/mol. The van der Waals surface area contributed by atoms with Gasteiger partial charge < -0.3 is 0 Å². The summed E-state index contributed by atoms with van der Waals surface area (Å²) in [5.41, 5.74) is 7.94. The molecule has 2 aromatic carbocycles. The average Bonchev–Trinajstić information content (AvgIpc) is 2.52. The third kappa shape index (κ3) is 3.36. The largest absolute Gasteiger partial charge is 0.256 e. The number of aromatic nitrogens is 1. The van der Waals surface area contributed by atoms with Crippen molar-refractivity contribution in [3.63, 3.8) is 0 Å². The molecule has 0 aliphatic rings. The van der Waals surface area contributed by atoms with Gasteiger partial charge in [-0.05, 0) is 35.4 Å². The van der Waals surface area contributed by atoms with Crippen molar-refractivity contribution < 1.29 is 0 Å². The summed E-state index contributed by atoms with van der Waals surface area (Å²) in [5, 5.41) is 2.45. The molecular formula is C21H21NSi. The maximum atomic E-state index is 4.65. The number of fused-ring (bicyclic) bond motifs is 1. The second-order valence-electron chi connectivity index (χ2n) is 6.88. The first-order chi connectivity index (χ1) is 11.0. The van der Waals surface area contributed by atoms with E-state index in [2.05, 4.69) is 85.5 Å². The molecule has 0 aliphatic heterocycles. The van der Waals surface area contributed by atoms with Crippen LogP contribution in [0.4, 0.5) is 0 Å². The Morgan fingerprint density at radius 3 is 2.43 bits per heavy atom. The normalized spacial score (nSPS) is 11.1. The van der Waals surface area contributed by atoms with E-state index < -0.39 is 8.07 Å². The first-order valence-electron chi connectivity index (χ1n) is 7.93. The minimum atomic E-state index is -1.43. The summed E-state index contributed by atoms with van der Waals surface area (Å²) in [4.78, 5) is 4.65. The molecule has 3 rings (SSSR count). The van der Waals surface area contributed by atoms with Gasteiger partial charge in [0.2, 0.25) is 0 Å². The first kappa shape index (κ1) is 15.5. The second-order valence-corrected chi connectivity index (χ2v) is 11.6. The van der Waals surface area contributed by atoms with Gasteiger partial charge in [0.1, 0.15) is 8.07 Å². The number of rotatable bonds is 1. The topological polar surface area (TPSA) is 12.9 Å². The molecule has 0 spiro atoms. The summed E-state index contributed by atoms with van der Waals surface area (Å²) >= 11 is 0. The molecule has 0 unspecified atom stereocenters. The zero-order valence-corrected chi connectivity index (χ0v) is 15.1. The molecule has 114 valence electrons. The average molecular weight is 315 g/mol. The summed E-state index contributed by atoms with van der Waals surface area (Å²) in [5.74, 6) is 3.44. The molecule has 0 saturated carbocycles. The number of nitrogens with zero attached hydrogens (tertiary/aromatic N) is 1. The third-order valence-corrected chi connectivity index (χ3v) is 4.62. The minimum Gasteiger partial charge on any atom is -0.256 e. The van der Waals surface area contributed by atoms with Gasteiger partial charge in [-0.15, -0.1) is 5.54 Å². The molecule has 0 N–H and O–H groups in total. The van der Waals surface area contributed by atoms with E-state index in [1.165, 1.54) is 16.3 Å². The van der Waals surface area contributed by atoms with Crippen LogP contribution in [0.2, 0.25) is 19.6 Å². The van der Waals surface area contributed by atoms with E-state index in [1.807, 2.05) is 12.3 Å². The van der Waals surface area contributed by atoms with Crippen LogP contribution in [0.5, 0.6) is 0 Å². The maximum absolute atomic E-state index is 4.65. The SMILES string of the molecule is Cc1cccnc1-c1c(C#C[Si](C)(C)C)ccc2ccccc12. The van der Waals surface area contributed by atoms with E-state index in [0.29, 0.717) is 0 Å². The predicted octanol–water partition coefficient (Wildman–Crippen LogP) is 5.44. The molecule has 0 atom stereocenters. The lowest BCUT2D eigenvalue weighted by Gasteiger charge is -2.12. The van der Waals surface area contributed by atoms with Gasteiger partial charge in [0.15, 0.2) is 0 Å². The molecule has 2 heteroatoms. The Morgan fingerprint density at radius 1 is 0.913 bits per heavy atom. The highest BCUT2D eigenvalue weighted by Gasteiger charge is 2.13. The lowest BCUT2D eigenvalue weighted by Crippen LogP contribution is -2.16. The molecular weight excluding hydrogens is 294 g/mol. The summed E-state index contributed by atoms with van der Waals surface area (Å²) < 4.78 is 0. The Kier molecular flexibility index (Phi) is 4.06. The van der Waals surface area contributed by atoms with E-state index in [0.717, 1.165) is 16.8 Å². The fraction of sp³-hybridized carbons (Fsp3) is 0.190. The molecule has 0 amide bonds. The zero-order chi connectivity index (χ0) is 16.4. The minimum absolute atomic E-state index is 1.03. The van der Waals surface area contributed by atoms with Crippen molar-refractivity contribution in [2.24, 2.45) is 0 Å². The van der Waals surface area contributed by atoms with Crippen LogP contribution in [0.3, 0.4) is 0 Å². The maximum Gasteiger partial charge on any atom is 0.129 e. The van der Waals surface area contributed by atoms with Gasteiger partial charge >= 0.3 is 0 Å². The Morgan fingerprint density at radius 2 is 1.70 bits per heavy atom. The van der Waals surface area contributed by atoms with Crippen LogP contribution in [0.15, 0.2) is 54.7 Å². The Hall–Kier alpha value is -2.37. The van der Waals surface area contributed by atoms with Crippen molar-refractivity contribution in [1.29, 1.82) is 0 Å². The number of benzene rings is 2. The van der Waals surface area contributed by atoms with Crippen LogP contribution in [0.1, 0.15) is 11.1 Å². The molecule has 0 fully saturated rings. The van der Waals surface area contributed by atoms with Crippen LogP contribution in [-0.4, -0.2) is 13.1 Å². The lowest BCUT2D eigenvalue weighted by atomic mass is 9.94. The van der Waals surface area contributed by atoms with E-state index >= 15 is 0 Å². The highest BCUT2D eigenvalue weighted by Crippen LogP contribution is 2.32. The second kappa shape index (κ2) is 6.02. The highest BCUT2D eigenvalue weighted by atomic mass is 28.3.